The van der Waals surface area contributed by atoms with Crippen molar-refractivity contribution in [1.82, 2.24) is 14.9 Å². The molecule has 2 aliphatic rings. The van der Waals surface area contributed by atoms with E-state index in [4.69, 9.17) is 14.5 Å². The molecule has 1 aliphatic heterocycles. The fraction of sp³-hybridized carbons (Fsp3) is 0.462. The van der Waals surface area contributed by atoms with Gasteiger partial charge in [0, 0.05) is 51.0 Å². The van der Waals surface area contributed by atoms with Gasteiger partial charge < -0.3 is 19.3 Å². The smallest absolute Gasteiger partial charge is 0.225 e. The Bertz CT molecular complexity index is 1090. The van der Waals surface area contributed by atoms with Crippen molar-refractivity contribution in [3.63, 3.8) is 0 Å². The van der Waals surface area contributed by atoms with Gasteiger partial charge in [-0.2, -0.15) is 5.26 Å². The maximum Gasteiger partial charge on any atom is 0.225 e. The van der Waals surface area contributed by atoms with Crippen molar-refractivity contribution in [2.45, 2.75) is 44.8 Å². The number of ether oxygens (including phenoxy) is 2. The van der Waals surface area contributed by atoms with Crippen LogP contribution in [0.15, 0.2) is 31.0 Å². The van der Waals surface area contributed by atoms with Crippen LogP contribution in [0, 0.1) is 11.3 Å². The highest BCUT2D eigenvalue weighted by Gasteiger charge is 2.33. The van der Waals surface area contributed by atoms with E-state index in [1.165, 1.54) is 0 Å². The Morgan fingerprint density at radius 2 is 2.18 bits per heavy atom. The number of methoxy groups -OCH3 is 1. The van der Waals surface area contributed by atoms with Crippen molar-refractivity contribution in [2.75, 3.05) is 38.3 Å². The molecule has 0 aromatic carbocycles. The molecule has 3 heterocycles. The molecule has 0 spiro atoms. The third-order valence-corrected chi connectivity index (χ3v) is 6.30. The number of rotatable bonds is 9. The normalized spacial score (nSPS) is 17.9. The van der Waals surface area contributed by atoms with Crippen LogP contribution in [0.5, 0.6) is 5.75 Å². The van der Waals surface area contributed by atoms with E-state index in [9.17, 15) is 10.1 Å². The summed E-state index contributed by atoms with van der Waals surface area (Å²) < 4.78 is 11.2. The predicted octanol–water partition coefficient (Wildman–Crippen LogP) is 3.52. The fourth-order valence-electron chi connectivity index (χ4n) is 4.30. The Hall–Kier alpha value is -3.44. The van der Waals surface area contributed by atoms with Crippen LogP contribution in [0.4, 0.5) is 5.82 Å². The number of hydrogen-bond acceptors (Lipinski definition) is 7. The quantitative estimate of drug-likeness (QED) is 0.564. The fourth-order valence-corrected chi connectivity index (χ4v) is 4.30. The Morgan fingerprint density at radius 1 is 1.35 bits per heavy atom. The minimum absolute atomic E-state index is 0.0255. The topological polar surface area (TPSA) is 91.6 Å². The SMILES string of the molecule is C=Cc1cc(COc2cc(C#N)c(N3CCN(C(=O)CCOC)[C@H](C)C3)nc2C2CC2)ccn1. The molecule has 2 fully saturated rings. The zero-order valence-electron chi connectivity index (χ0n) is 19.9. The van der Waals surface area contributed by atoms with Crippen LogP contribution in [0.2, 0.25) is 0 Å². The number of piperazine rings is 1. The lowest BCUT2D eigenvalue weighted by molar-refractivity contribution is -0.134. The molecular weight excluding hydrogens is 430 g/mol. The first-order valence-electron chi connectivity index (χ1n) is 11.7. The highest BCUT2D eigenvalue weighted by molar-refractivity contribution is 5.77. The lowest BCUT2D eigenvalue weighted by Gasteiger charge is -2.40. The zero-order chi connectivity index (χ0) is 24.1. The van der Waals surface area contributed by atoms with Gasteiger partial charge in [-0.05, 0) is 43.5 Å². The Kier molecular flexibility index (Phi) is 7.43. The summed E-state index contributed by atoms with van der Waals surface area (Å²) in [5.74, 6) is 1.81. The van der Waals surface area contributed by atoms with E-state index in [-0.39, 0.29) is 11.9 Å². The number of nitrogens with zero attached hydrogens (tertiary/aromatic N) is 5. The summed E-state index contributed by atoms with van der Waals surface area (Å²) in [4.78, 5) is 25.7. The Labute approximate surface area is 200 Å². The predicted molar refractivity (Wildman–Crippen MR) is 129 cm³/mol. The van der Waals surface area contributed by atoms with E-state index in [1.807, 2.05) is 30.0 Å². The molecule has 1 saturated carbocycles. The average molecular weight is 462 g/mol. The van der Waals surface area contributed by atoms with E-state index in [0.29, 0.717) is 62.3 Å². The van der Waals surface area contributed by atoms with Crippen LogP contribution in [-0.4, -0.2) is 60.2 Å². The molecule has 1 amide bonds. The van der Waals surface area contributed by atoms with E-state index in [2.05, 4.69) is 22.5 Å². The number of anilines is 1. The number of nitriles is 1. The van der Waals surface area contributed by atoms with E-state index in [0.717, 1.165) is 29.8 Å². The van der Waals surface area contributed by atoms with Crippen LogP contribution in [0.25, 0.3) is 6.08 Å². The second-order valence-corrected chi connectivity index (χ2v) is 8.84. The standard InChI is InChI=1S/C26H31N5O3/c1-4-22-13-19(7-9-28-22)17-34-23-14-21(15-27)26(29-25(23)20-5-6-20)30-10-11-31(18(2)16-30)24(32)8-12-33-3/h4,7,9,13-14,18,20H,1,5-6,8,10-12,16-17H2,2-3H3/t18-/m1/s1. The van der Waals surface area contributed by atoms with Crippen LogP contribution in [0.3, 0.4) is 0 Å². The van der Waals surface area contributed by atoms with E-state index >= 15 is 0 Å². The molecule has 34 heavy (non-hydrogen) atoms. The molecule has 2 aromatic rings. The van der Waals surface area contributed by atoms with E-state index in [1.54, 1.807) is 19.4 Å². The largest absolute Gasteiger partial charge is 0.487 e. The van der Waals surface area contributed by atoms with Crippen molar-refractivity contribution in [3.8, 4) is 11.8 Å². The Balaban J connectivity index is 1.53. The summed E-state index contributed by atoms with van der Waals surface area (Å²) in [5, 5.41) is 9.91. The van der Waals surface area contributed by atoms with Gasteiger partial charge in [0.15, 0.2) is 0 Å². The molecular formula is C26H31N5O3. The molecule has 2 aromatic heterocycles. The van der Waals surface area contributed by atoms with Gasteiger partial charge in [-0.25, -0.2) is 4.98 Å². The first-order valence-corrected chi connectivity index (χ1v) is 11.7. The van der Waals surface area contributed by atoms with Gasteiger partial charge in [-0.3, -0.25) is 9.78 Å². The molecule has 1 atom stereocenters. The first kappa shape index (κ1) is 23.7. The minimum Gasteiger partial charge on any atom is -0.487 e. The molecule has 0 N–H and O–H groups in total. The minimum atomic E-state index is 0.0255. The van der Waals surface area contributed by atoms with Crippen molar-refractivity contribution in [1.29, 1.82) is 5.26 Å². The highest BCUT2D eigenvalue weighted by Crippen LogP contribution is 2.45. The molecule has 178 valence electrons. The molecule has 0 bridgehead atoms. The van der Waals surface area contributed by atoms with Gasteiger partial charge in [0.2, 0.25) is 5.91 Å². The maximum atomic E-state index is 12.5. The number of carbonyl (C=O) groups is 1. The molecule has 0 radical (unpaired) electrons. The van der Waals surface area contributed by atoms with Gasteiger partial charge in [0.25, 0.3) is 0 Å². The number of hydrogen-bond donors (Lipinski definition) is 0. The summed E-state index contributed by atoms with van der Waals surface area (Å²) in [7, 11) is 1.60. The Morgan fingerprint density at radius 3 is 2.85 bits per heavy atom. The van der Waals surface area contributed by atoms with Crippen molar-refractivity contribution >= 4 is 17.8 Å². The van der Waals surface area contributed by atoms with Gasteiger partial charge in [-0.15, -0.1) is 0 Å². The summed E-state index contributed by atoms with van der Waals surface area (Å²) in [5.41, 5.74) is 3.19. The molecule has 1 aliphatic carbocycles. The zero-order valence-corrected chi connectivity index (χ0v) is 19.9. The van der Waals surface area contributed by atoms with Crippen LogP contribution in [0.1, 0.15) is 54.6 Å². The number of aromatic nitrogens is 2. The number of amides is 1. The lowest BCUT2D eigenvalue weighted by Crippen LogP contribution is -2.54. The van der Waals surface area contributed by atoms with Gasteiger partial charge in [0.05, 0.1) is 30.0 Å². The molecule has 4 rings (SSSR count). The molecule has 0 unspecified atom stereocenters. The van der Waals surface area contributed by atoms with Crippen molar-refractivity contribution < 1.29 is 14.3 Å². The van der Waals surface area contributed by atoms with Crippen molar-refractivity contribution in [2.24, 2.45) is 0 Å². The van der Waals surface area contributed by atoms with E-state index < -0.39 is 0 Å². The third kappa shape index (κ3) is 5.37. The highest BCUT2D eigenvalue weighted by atomic mass is 16.5. The lowest BCUT2D eigenvalue weighted by atomic mass is 10.1. The van der Waals surface area contributed by atoms with Gasteiger partial charge in [-0.1, -0.05) is 6.58 Å². The summed E-state index contributed by atoms with van der Waals surface area (Å²) in [6.07, 6.45) is 5.97. The van der Waals surface area contributed by atoms with Crippen LogP contribution >= 0.6 is 0 Å². The number of carbonyl (C=O) groups excluding carboxylic acids is 1. The van der Waals surface area contributed by atoms with Crippen LogP contribution < -0.4 is 9.64 Å². The first-order chi connectivity index (χ1) is 16.5. The van der Waals surface area contributed by atoms with Gasteiger partial charge in [0.1, 0.15) is 24.2 Å². The molecule has 8 heteroatoms. The average Bonchev–Trinajstić information content (AvgIpc) is 3.71. The second-order valence-electron chi connectivity index (χ2n) is 8.84. The molecule has 8 nitrogen and oxygen atoms in total. The third-order valence-electron chi connectivity index (χ3n) is 6.30. The summed E-state index contributed by atoms with van der Waals surface area (Å²) in [6, 6.07) is 8.00. The number of pyridine rings is 2. The summed E-state index contributed by atoms with van der Waals surface area (Å²) in [6.45, 7) is 8.46. The van der Waals surface area contributed by atoms with Crippen LogP contribution in [-0.2, 0) is 16.1 Å². The van der Waals surface area contributed by atoms with Crippen molar-refractivity contribution in [3.05, 3.63) is 53.5 Å². The monoisotopic (exact) mass is 461 g/mol. The maximum absolute atomic E-state index is 12.5. The summed E-state index contributed by atoms with van der Waals surface area (Å²) >= 11 is 0. The second kappa shape index (κ2) is 10.7. The van der Waals surface area contributed by atoms with Gasteiger partial charge >= 0.3 is 0 Å². The molecule has 1 saturated heterocycles.